The number of carbonyl (C=O) groups is 1. The number of pyridine rings is 1. The van der Waals surface area contributed by atoms with E-state index < -0.39 is 15.9 Å². The van der Waals surface area contributed by atoms with Crippen molar-refractivity contribution in [3.8, 4) is 5.75 Å². The molecule has 0 radical (unpaired) electrons. The van der Waals surface area contributed by atoms with Gasteiger partial charge in [-0.25, -0.2) is 13.4 Å². The number of carbonyl (C=O) groups excluding carboxylic acids is 1. The number of amides is 1. The van der Waals surface area contributed by atoms with Crippen molar-refractivity contribution in [1.29, 1.82) is 0 Å². The van der Waals surface area contributed by atoms with Gasteiger partial charge in [0.1, 0.15) is 5.75 Å². The molecule has 172 valence electrons. The van der Waals surface area contributed by atoms with Crippen LogP contribution in [0.4, 0.5) is 5.69 Å². The summed E-state index contributed by atoms with van der Waals surface area (Å²) in [5.41, 5.74) is 2.67. The lowest BCUT2D eigenvalue weighted by molar-refractivity contribution is 0.102. The Kier molecular flexibility index (Phi) is 6.85. The number of aryl methyl sites for hydroxylation is 3. The van der Waals surface area contributed by atoms with Crippen LogP contribution in [-0.4, -0.2) is 53.1 Å². The van der Waals surface area contributed by atoms with Crippen LogP contribution in [0.2, 0.25) is 0 Å². The van der Waals surface area contributed by atoms with E-state index in [0.29, 0.717) is 53.4 Å². The maximum Gasteiger partial charge on any atom is 0.256 e. The van der Waals surface area contributed by atoms with Crippen molar-refractivity contribution < 1.29 is 17.9 Å². The average molecular weight is 460 g/mol. The largest absolute Gasteiger partial charge is 0.492 e. The Morgan fingerprint density at radius 1 is 1.16 bits per heavy atom. The first kappa shape index (κ1) is 23.7. The molecule has 3 aromatic rings. The first-order valence-electron chi connectivity index (χ1n) is 10.5. The third-order valence-corrected chi connectivity index (χ3v) is 7.23. The standard InChI is InChI=1S/C22H29N5O4S/c1-7-27(8-2)32(29,30)16-10-11-19(31-9-3)18(13-16)24-22(28)17-12-14(4)23-21-20(17)15(5)25-26(21)6/h10-13H,7-9H2,1-6H3,(H,24,28). The Balaban J connectivity index is 2.08. The molecule has 0 spiro atoms. The van der Waals surface area contributed by atoms with Gasteiger partial charge in [-0.15, -0.1) is 0 Å². The van der Waals surface area contributed by atoms with Gasteiger partial charge in [0.05, 0.1) is 33.8 Å². The minimum absolute atomic E-state index is 0.0913. The fraction of sp³-hybridized carbons (Fsp3) is 0.409. The maximum absolute atomic E-state index is 13.3. The quantitative estimate of drug-likeness (QED) is 0.554. The lowest BCUT2D eigenvalue weighted by Gasteiger charge is -2.20. The van der Waals surface area contributed by atoms with Gasteiger partial charge < -0.3 is 10.1 Å². The number of ether oxygens (including phenoxy) is 1. The third-order valence-electron chi connectivity index (χ3n) is 5.18. The number of anilines is 1. The Hall–Kier alpha value is -2.98. The Morgan fingerprint density at radius 3 is 2.47 bits per heavy atom. The molecule has 9 nitrogen and oxygen atoms in total. The van der Waals surface area contributed by atoms with Crippen molar-refractivity contribution in [2.24, 2.45) is 7.05 Å². The second-order valence-electron chi connectivity index (χ2n) is 7.35. The topological polar surface area (TPSA) is 106 Å². The number of fused-ring (bicyclic) bond motifs is 1. The fourth-order valence-electron chi connectivity index (χ4n) is 3.70. The van der Waals surface area contributed by atoms with Gasteiger partial charge in [0.15, 0.2) is 5.65 Å². The molecule has 2 heterocycles. The molecule has 0 fully saturated rings. The van der Waals surface area contributed by atoms with E-state index in [1.54, 1.807) is 37.7 Å². The van der Waals surface area contributed by atoms with Crippen molar-refractivity contribution in [3.05, 3.63) is 41.2 Å². The van der Waals surface area contributed by atoms with Crippen molar-refractivity contribution in [3.63, 3.8) is 0 Å². The zero-order valence-corrected chi connectivity index (χ0v) is 20.1. The minimum atomic E-state index is -3.70. The van der Waals surface area contributed by atoms with Crippen LogP contribution in [0.3, 0.4) is 0 Å². The summed E-state index contributed by atoms with van der Waals surface area (Å²) < 4.78 is 34.6. The van der Waals surface area contributed by atoms with E-state index in [4.69, 9.17) is 4.74 Å². The number of nitrogens with zero attached hydrogens (tertiary/aromatic N) is 4. The van der Waals surface area contributed by atoms with Gasteiger partial charge in [-0.3, -0.25) is 9.48 Å². The van der Waals surface area contributed by atoms with Crippen LogP contribution in [0.5, 0.6) is 5.75 Å². The molecule has 0 aliphatic carbocycles. The van der Waals surface area contributed by atoms with E-state index in [9.17, 15) is 13.2 Å². The van der Waals surface area contributed by atoms with E-state index in [1.165, 1.54) is 16.4 Å². The van der Waals surface area contributed by atoms with E-state index in [1.807, 2.05) is 20.8 Å². The van der Waals surface area contributed by atoms with E-state index in [2.05, 4.69) is 15.4 Å². The molecule has 0 unspecified atom stereocenters. The number of sulfonamides is 1. The van der Waals surface area contributed by atoms with Crippen LogP contribution in [0.15, 0.2) is 29.2 Å². The predicted octanol–water partition coefficient (Wildman–Crippen LogP) is 3.27. The summed E-state index contributed by atoms with van der Waals surface area (Å²) in [7, 11) is -1.92. The maximum atomic E-state index is 13.3. The molecule has 0 bridgehead atoms. The molecule has 0 aliphatic rings. The first-order chi connectivity index (χ1) is 15.1. The van der Waals surface area contributed by atoms with Gasteiger partial charge in [-0.05, 0) is 45.0 Å². The zero-order valence-electron chi connectivity index (χ0n) is 19.3. The monoisotopic (exact) mass is 459 g/mol. The number of aromatic nitrogens is 3. The van der Waals surface area contributed by atoms with E-state index >= 15 is 0 Å². The second-order valence-corrected chi connectivity index (χ2v) is 9.29. The smallest absolute Gasteiger partial charge is 0.256 e. The normalized spacial score (nSPS) is 11.8. The highest BCUT2D eigenvalue weighted by Crippen LogP contribution is 2.31. The van der Waals surface area contributed by atoms with Crippen LogP contribution in [0, 0.1) is 13.8 Å². The van der Waals surface area contributed by atoms with Crippen LogP contribution in [0.25, 0.3) is 11.0 Å². The number of nitrogens with one attached hydrogen (secondary N) is 1. The molecule has 3 rings (SSSR count). The Morgan fingerprint density at radius 2 is 1.84 bits per heavy atom. The molecule has 0 saturated heterocycles. The molecule has 0 aliphatic heterocycles. The van der Waals surface area contributed by atoms with Gasteiger partial charge in [0, 0.05) is 25.8 Å². The summed E-state index contributed by atoms with van der Waals surface area (Å²) in [6.45, 7) is 10.1. The van der Waals surface area contributed by atoms with Gasteiger partial charge in [-0.1, -0.05) is 13.8 Å². The molecule has 0 saturated carbocycles. The Bertz CT molecular complexity index is 1260. The molecule has 2 aromatic heterocycles. The highest BCUT2D eigenvalue weighted by atomic mass is 32.2. The van der Waals surface area contributed by atoms with Crippen LogP contribution in [0.1, 0.15) is 42.5 Å². The molecule has 0 atom stereocenters. The lowest BCUT2D eigenvalue weighted by atomic mass is 10.1. The first-order valence-corrected chi connectivity index (χ1v) is 12.0. The van der Waals surface area contributed by atoms with Crippen molar-refractivity contribution in [2.45, 2.75) is 39.5 Å². The average Bonchev–Trinajstić information content (AvgIpc) is 3.02. The highest BCUT2D eigenvalue weighted by Gasteiger charge is 2.24. The van der Waals surface area contributed by atoms with Crippen LogP contribution >= 0.6 is 0 Å². The van der Waals surface area contributed by atoms with Crippen molar-refractivity contribution in [2.75, 3.05) is 25.0 Å². The minimum Gasteiger partial charge on any atom is -0.492 e. The summed E-state index contributed by atoms with van der Waals surface area (Å²) in [5, 5.41) is 7.87. The Labute approximate surface area is 188 Å². The lowest BCUT2D eigenvalue weighted by Crippen LogP contribution is -2.30. The van der Waals surface area contributed by atoms with Crippen LogP contribution in [-0.2, 0) is 17.1 Å². The van der Waals surface area contributed by atoms with E-state index in [0.717, 1.165) is 0 Å². The summed E-state index contributed by atoms with van der Waals surface area (Å²) >= 11 is 0. The second kappa shape index (κ2) is 9.25. The van der Waals surface area contributed by atoms with Gasteiger partial charge in [0.25, 0.3) is 5.91 Å². The molecule has 1 N–H and O–H groups in total. The summed E-state index contributed by atoms with van der Waals surface area (Å²) in [4.78, 5) is 17.9. The summed E-state index contributed by atoms with van der Waals surface area (Å²) in [5.74, 6) is -0.000724. The molecular weight excluding hydrogens is 430 g/mol. The summed E-state index contributed by atoms with van der Waals surface area (Å²) in [6, 6.07) is 6.20. The van der Waals surface area contributed by atoms with Crippen LogP contribution < -0.4 is 10.1 Å². The molecule has 1 amide bonds. The number of benzene rings is 1. The number of hydrogen-bond donors (Lipinski definition) is 1. The van der Waals surface area contributed by atoms with Gasteiger partial charge in [0.2, 0.25) is 10.0 Å². The number of hydrogen-bond acceptors (Lipinski definition) is 6. The molecule has 32 heavy (non-hydrogen) atoms. The highest BCUT2D eigenvalue weighted by molar-refractivity contribution is 7.89. The zero-order chi connectivity index (χ0) is 23.6. The third kappa shape index (κ3) is 4.33. The van der Waals surface area contributed by atoms with E-state index in [-0.39, 0.29) is 10.6 Å². The van der Waals surface area contributed by atoms with Gasteiger partial charge >= 0.3 is 0 Å². The van der Waals surface area contributed by atoms with Crippen molar-refractivity contribution >= 4 is 32.7 Å². The molecule has 1 aromatic carbocycles. The fourth-order valence-corrected chi connectivity index (χ4v) is 5.18. The van der Waals surface area contributed by atoms with Gasteiger partial charge in [-0.2, -0.15) is 9.40 Å². The molecular formula is C22H29N5O4S. The predicted molar refractivity (Wildman–Crippen MR) is 124 cm³/mol. The SMILES string of the molecule is CCOc1ccc(S(=O)(=O)N(CC)CC)cc1NC(=O)c1cc(C)nc2c1c(C)nn2C. The van der Waals surface area contributed by atoms with Crippen molar-refractivity contribution in [1.82, 2.24) is 19.1 Å². The summed E-state index contributed by atoms with van der Waals surface area (Å²) in [6.07, 6.45) is 0. The molecule has 10 heteroatoms. The number of rotatable bonds is 8.